The van der Waals surface area contributed by atoms with Crippen LogP contribution in [0.4, 0.5) is 0 Å². The van der Waals surface area contributed by atoms with E-state index in [2.05, 4.69) is 62.0 Å². The van der Waals surface area contributed by atoms with Gasteiger partial charge in [0.05, 0.1) is 0 Å². The van der Waals surface area contributed by atoms with Gasteiger partial charge in [-0.15, -0.1) is 0 Å². The Kier molecular flexibility index (Phi) is 5.31. The standard InChI is InChI=1S/C17H17BrN2/c1-13-14(2)19-17(18)20-16(13)12-8-4-7-11-15-9-5-3-6-10-15/h3,5-6,9-10H,4,7,11H2,1-2H3. The zero-order valence-corrected chi connectivity index (χ0v) is 13.4. The Hall–Kier alpha value is -1.66. The zero-order valence-electron chi connectivity index (χ0n) is 11.8. The Morgan fingerprint density at radius 1 is 1.10 bits per heavy atom. The minimum Gasteiger partial charge on any atom is -0.227 e. The molecule has 0 fully saturated rings. The lowest BCUT2D eigenvalue weighted by atomic mass is 10.1. The predicted octanol–water partition coefficient (Wildman–Crippen LogP) is 4.23. The van der Waals surface area contributed by atoms with Crippen molar-refractivity contribution < 1.29 is 0 Å². The second-order valence-electron chi connectivity index (χ2n) is 4.69. The van der Waals surface area contributed by atoms with Gasteiger partial charge in [0, 0.05) is 17.7 Å². The molecule has 0 aliphatic rings. The minimum absolute atomic E-state index is 0.606. The van der Waals surface area contributed by atoms with Crippen LogP contribution in [0, 0.1) is 25.7 Å². The number of aromatic nitrogens is 2. The first-order chi connectivity index (χ1) is 9.66. The van der Waals surface area contributed by atoms with Crippen molar-refractivity contribution >= 4 is 15.9 Å². The number of nitrogens with zero attached hydrogens (tertiary/aromatic N) is 2. The highest BCUT2D eigenvalue weighted by Crippen LogP contribution is 2.12. The van der Waals surface area contributed by atoms with Gasteiger partial charge in [-0.25, -0.2) is 9.97 Å². The highest BCUT2D eigenvalue weighted by molar-refractivity contribution is 9.10. The molecule has 1 aromatic heterocycles. The highest BCUT2D eigenvalue weighted by atomic mass is 79.9. The minimum atomic E-state index is 0.606. The average molecular weight is 329 g/mol. The Bertz CT molecular complexity index is 639. The molecule has 3 heteroatoms. The van der Waals surface area contributed by atoms with E-state index < -0.39 is 0 Å². The van der Waals surface area contributed by atoms with Crippen LogP contribution in [0.25, 0.3) is 0 Å². The fourth-order valence-corrected chi connectivity index (χ4v) is 2.33. The third kappa shape index (κ3) is 4.18. The second kappa shape index (κ2) is 7.21. The first-order valence-electron chi connectivity index (χ1n) is 6.70. The van der Waals surface area contributed by atoms with Crippen LogP contribution < -0.4 is 0 Å². The first kappa shape index (κ1) is 14.7. The molecule has 0 N–H and O–H groups in total. The maximum Gasteiger partial charge on any atom is 0.197 e. The Balaban J connectivity index is 1.92. The second-order valence-corrected chi connectivity index (χ2v) is 5.40. The van der Waals surface area contributed by atoms with Crippen LogP contribution in [0.5, 0.6) is 0 Å². The van der Waals surface area contributed by atoms with Crippen LogP contribution >= 0.6 is 15.9 Å². The van der Waals surface area contributed by atoms with Crippen molar-refractivity contribution in [2.24, 2.45) is 0 Å². The van der Waals surface area contributed by atoms with Gasteiger partial charge >= 0.3 is 0 Å². The van der Waals surface area contributed by atoms with E-state index in [1.165, 1.54) is 5.56 Å². The summed E-state index contributed by atoms with van der Waals surface area (Å²) in [6, 6.07) is 10.5. The first-order valence-corrected chi connectivity index (χ1v) is 7.49. The zero-order chi connectivity index (χ0) is 14.4. The van der Waals surface area contributed by atoms with Gasteiger partial charge in [0.1, 0.15) is 5.69 Å². The molecule has 0 atom stereocenters. The van der Waals surface area contributed by atoms with Crippen molar-refractivity contribution in [3.8, 4) is 11.8 Å². The number of benzene rings is 1. The van der Waals surface area contributed by atoms with Gasteiger partial charge in [-0.1, -0.05) is 36.3 Å². The highest BCUT2D eigenvalue weighted by Gasteiger charge is 2.03. The van der Waals surface area contributed by atoms with Crippen molar-refractivity contribution in [2.75, 3.05) is 0 Å². The monoisotopic (exact) mass is 328 g/mol. The summed E-state index contributed by atoms with van der Waals surface area (Å²) >= 11 is 3.31. The van der Waals surface area contributed by atoms with E-state index >= 15 is 0 Å². The normalized spacial score (nSPS) is 9.95. The van der Waals surface area contributed by atoms with E-state index in [4.69, 9.17) is 0 Å². The molecular formula is C17H17BrN2. The molecule has 2 aromatic rings. The van der Waals surface area contributed by atoms with Gasteiger partial charge in [-0.05, 0) is 54.1 Å². The maximum atomic E-state index is 4.32. The summed E-state index contributed by atoms with van der Waals surface area (Å²) in [6.07, 6.45) is 3.03. The van der Waals surface area contributed by atoms with E-state index in [1.54, 1.807) is 0 Å². The lowest BCUT2D eigenvalue weighted by molar-refractivity contribution is 0.857. The fraction of sp³-hybridized carbons (Fsp3) is 0.294. The maximum absolute atomic E-state index is 4.32. The van der Waals surface area contributed by atoms with E-state index in [0.717, 1.165) is 36.2 Å². The molecular weight excluding hydrogens is 312 g/mol. The fourth-order valence-electron chi connectivity index (χ4n) is 1.89. The molecule has 1 aromatic carbocycles. The molecule has 2 rings (SSSR count). The summed E-state index contributed by atoms with van der Waals surface area (Å²) in [6.45, 7) is 3.98. The van der Waals surface area contributed by atoms with Crippen LogP contribution in [0.2, 0.25) is 0 Å². The van der Waals surface area contributed by atoms with Crippen molar-refractivity contribution in [3.63, 3.8) is 0 Å². The molecule has 0 unspecified atom stereocenters. The summed E-state index contributed by atoms with van der Waals surface area (Å²) in [5, 5.41) is 0. The molecule has 0 saturated heterocycles. The molecule has 0 aliphatic carbocycles. The van der Waals surface area contributed by atoms with Crippen LogP contribution in [0.1, 0.15) is 35.4 Å². The molecule has 0 saturated carbocycles. The quantitative estimate of drug-likeness (QED) is 0.478. The Morgan fingerprint density at radius 3 is 2.60 bits per heavy atom. The molecule has 0 radical (unpaired) electrons. The molecule has 0 aliphatic heterocycles. The molecule has 20 heavy (non-hydrogen) atoms. The summed E-state index contributed by atoms with van der Waals surface area (Å²) in [5.74, 6) is 6.36. The summed E-state index contributed by atoms with van der Waals surface area (Å²) in [4.78, 5) is 8.58. The van der Waals surface area contributed by atoms with E-state index in [9.17, 15) is 0 Å². The number of hydrogen-bond donors (Lipinski definition) is 0. The topological polar surface area (TPSA) is 25.8 Å². The molecule has 1 heterocycles. The number of halogens is 1. The summed E-state index contributed by atoms with van der Waals surface area (Å²) in [7, 11) is 0. The lowest BCUT2D eigenvalue weighted by Crippen LogP contribution is -1.97. The number of rotatable bonds is 3. The van der Waals surface area contributed by atoms with Crippen LogP contribution in [-0.4, -0.2) is 9.97 Å². The SMILES string of the molecule is Cc1nc(Br)nc(C#CCCCc2ccccc2)c1C. The molecule has 0 spiro atoms. The molecule has 102 valence electrons. The van der Waals surface area contributed by atoms with Crippen LogP contribution in [-0.2, 0) is 6.42 Å². The van der Waals surface area contributed by atoms with Crippen molar-refractivity contribution in [3.05, 3.63) is 57.6 Å². The summed E-state index contributed by atoms with van der Waals surface area (Å²) < 4.78 is 0.606. The van der Waals surface area contributed by atoms with Gasteiger partial charge in [0.2, 0.25) is 0 Å². The predicted molar refractivity (Wildman–Crippen MR) is 85.5 cm³/mol. The third-order valence-electron chi connectivity index (χ3n) is 3.18. The average Bonchev–Trinajstić information content (AvgIpc) is 2.44. The van der Waals surface area contributed by atoms with Crippen LogP contribution in [0.15, 0.2) is 35.1 Å². The Morgan fingerprint density at radius 2 is 1.85 bits per heavy atom. The van der Waals surface area contributed by atoms with Crippen molar-refractivity contribution in [1.82, 2.24) is 9.97 Å². The number of unbranched alkanes of at least 4 members (excludes halogenated alkanes) is 1. The van der Waals surface area contributed by atoms with E-state index in [1.807, 2.05) is 19.9 Å². The molecule has 2 nitrogen and oxygen atoms in total. The van der Waals surface area contributed by atoms with E-state index in [0.29, 0.717) is 4.73 Å². The van der Waals surface area contributed by atoms with E-state index in [-0.39, 0.29) is 0 Å². The van der Waals surface area contributed by atoms with Gasteiger partial charge < -0.3 is 0 Å². The van der Waals surface area contributed by atoms with Gasteiger partial charge in [0.25, 0.3) is 0 Å². The molecule has 0 amide bonds. The molecule has 0 bridgehead atoms. The van der Waals surface area contributed by atoms with Gasteiger partial charge in [0.15, 0.2) is 4.73 Å². The Labute approximate surface area is 128 Å². The van der Waals surface area contributed by atoms with Crippen LogP contribution in [0.3, 0.4) is 0 Å². The smallest absolute Gasteiger partial charge is 0.197 e. The summed E-state index contributed by atoms with van der Waals surface area (Å²) in [5.41, 5.74) is 4.22. The third-order valence-corrected chi connectivity index (χ3v) is 3.53. The van der Waals surface area contributed by atoms with Gasteiger partial charge in [-0.2, -0.15) is 0 Å². The lowest BCUT2D eigenvalue weighted by Gasteiger charge is -2.01. The number of hydrogen-bond acceptors (Lipinski definition) is 2. The number of aryl methyl sites for hydroxylation is 2. The van der Waals surface area contributed by atoms with Crippen molar-refractivity contribution in [1.29, 1.82) is 0 Å². The van der Waals surface area contributed by atoms with Gasteiger partial charge in [-0.3, -0.25) is 0 Å². The van der Waals surface area contributed by atoms with Crippen molar-refractivity contribution in [2.45, 2.75) is 33.1 Å². The largest absolute Gasteiger partial charge is 0.227 e.